The molecule has 0 bridgehead atoms. The van der Waals surface area contributed by atoms with Gasteiger partial charge in [0.1, 0.15) is 0 Å². The summed E-state index contributed by atoms with van der Waals surface area (Å²) in [5, 5.41) is 0. The number of carbonyl (C=O) groups excluding carboxylic acids is 2. The maximum Gasteiger partial charge on any atom is 0.312 e. The number of unbranched alkanes of at least 4 members (excludes halogenated alkanes) is 2. The second-order valence-electron chi connectivity index (χ2n) is 4.67. The summed E-state index contributed by atoms with van der Waals surface area (Å²) in [5.41, 5.74) is 0. The zero-order valence-electron chi connectivity index (χ0n) is 10.7. The lowest BCUT2D eigenvalue weighted by Gasteiger charge is -2.36. The SMILES string of the molecule is CC(C)N1CCN(CCCCCS)C(=O)C1=O. The first-order valence-corrected chi connectivity index (χ1v) is 6.92. The van der Waals surface area contributed by atoms with Crippen molar-refractivity contribution in [2.75, 3.05) is 25.4 Å². The van der Waals surface area contributed by atoms with Gasteiger partial charge in [0.2, 0.25) is 0 Å². The van der Waals surface area contributed by atoms with Gasteiger partial charge in [-0.3, -0.25) is 9.59 Å². The summed E-state index contributed by atoms with van der Waals surface area (Å²) in [4.78, 5) is 26.9. The summed E-state index contributed by atoms with van der Waals surface area (Å²) < 4.78 is 0. The second-order valence-corrected chi connectivity index (χ2v) is 5.12. The smallest absolute Gasteiger partial charge is 0.312 e. The van der Waals surface area contributed by atoms with Crippen molar-refractivity contribution in [2.24, 2.45) is 0 Å². The average Bonchev–Trinajstić information content (AvgIpc) is 2.29. The van der Waals surface area contributed by atoms with E-state index < -0.39 is 0 Å². The van der Waals surface area contributed by atoms with Crippen LogP contribution in [0.15, 0.2) is 0 Å². The Balaban J connectivity index is 2.40. The molecule has 17 heavy (non-hydrogen) atoms. The Hall–Kier alpha value is -0.710. The summed E-state index contributed by atoms with van der Waals surface area (Å²) in [5.74, 6) is 0.199. The van der Waals surface area contributed by atoms with Crippen molar-refractivity contribution in [1.29, 1.82) is 0 Å². The molecule has 1 aliphatic rings. The Morgan fingerprint density at radius 1 is 1.12 bits per heavy atom. The van der Waals surface area contributed by atoms with Crippen molar-refractivity contribution in [3.8, 4) is 0 Å². The predicted molar refractivity (Wildman–Crippen MR) is 71.1 cm³/mol. The van der Waals surface area contributed by atoms with E-state index in [0.29, 0.717) is 19.6 Å². The largest absolute Gasteiger partial charge is 0.333 e. The number of amides is 2. The molecule has 5 heteroatoms. The quantitative estimate of drug-likeness (QED) is 0.441. The van der Waals surface area contributed by atoms with Crippen molar-refractivity contribution in [3.05, 3.63) is 0 Å². The maximum absolute atomic E-state index is 11.8. The molecule has 0 radical (unpaired) electrons. The number of nitrogens with zero attached hydrogens (tertiary/aromatic N) is 2. The summed E-state index contributed by atoms with van der Waals surface area (Å²) >= 11 is 4.15. The second kappa shape index (κ2) is 6.89. The van der Waals surface area contributed by atoms with Crippen LogP contribution in [0.2, 0.25) is 0 Å². The molecule has 0 aromatic heterocycles. The fourth-order valence-electron chi connectivity index (χ4n) is 1.99. The highest BCUT2D eigenvalue weighted by Crippen LogP contribution is 2.10. The van der Waals surface area contributed by atoms with Crippen LogP contribution < -0.4 is 0 Å². The lowest BCUT2D eigenvalue weighted by molar-refractivity contribution is -0.157. The van der Waals surface area contributed by atoms with Gasteiger partial charge >= 0.3 is 11.8 Å². The number of hydrogen-bond donors (Lipinski definition) is 1. The van der Waals surface area contributed by atoms with Crippen molar-refractivity contribution >= 4 is 24.4 Å². The molecule has 0 atom stereocenters. The molecule has 2 amide bonds. The van der Waals surface area contributed by atoms with Crippen LogP contribution in [0.25, 0.3) is 0 Å². The molecule has 0 aromatic rings. The van der Waals surface area contributed by atoms with Gasteiger partial charge in [-0.1, -0.05) is 6.42 Å². The molecule has 1 saturated heterocycles. The van der Waals surface area contributed by atoms with Gasteiger partial charge in [0.25, 0.3) is 0 Å². The van der Waals surface area contributed by atoms with Crippen molar-refractivity contribution < 1.29 is 9.59 Å². The third-order valence-corrected chi connectivity index (χ3v) is 3.37. The molecule has 0 spiro atoms. The summed E-state index contributed by atoms with van der Waals surface area (Å²) in [7, 11) is 0. The summed E-state index contributed by atoms with van der Waals surface area (Å²) in [6.07, 6.45) is 3.09. The topological polar surface area (TPSA) is 40.6 Å². The summed E-state index contributed by atoms with van der Waals surface area (Å²) in [6.45, 7) is 5.91. The van der Waals surface area contributed by atoms with Crippen LogP contribution in [0.3, 0.4) is 0 Å². The fraction of sp³-hybridized carbons (Fsp3) is 0.833. The normalized spacial score (nSPS) is 17.2. The number of thiol groups is 1. The maximum atomic E-state index is 11.8. The van der Waals surface area contributed by atoms with Crippen LogP contribution in [0.4, 0.5) is 0 Å². The Morgan fingerprint density at radius 3 is 2.41 bits per heavy atom. The molecule has 0 saturated carbocycles. The van der Waals surface area contributed by atoms with E-state index in [2.05, 4.69) is 12.6 Å². The first-order valence-electron chi connectivity index (χ1n) is 6.28. The van der Waals surface area contributed by atoms with Crippen LogP contribution in [0, 0.1) is 0 Å². The Morgan fingerprint density at radius 2 is 1.82 bits per heavy atom. The van der Waals surface area contributed by atoms with Gasteiger partial charge in [-0.15, -0.1) is 0 Å². The van der Waals surface area contributed by atoms with E-state index in [9.17, 15) is 9.59 Å². The first-order chi connectivity index (χ1) is 8.07. The zero-order chi connectivity index (χ0) is 12.8. The molecule has 0 N–H and O–H groups in total. The highest BCUT2D eigenvalue weighted by molar-refractivity contribution is 7.80. The number of hydrogen-bond acceptors (Lipinski definition) is 3. The molecule has 0 unspecified atom stereocenters. The molecule has 0 aliphatic carbocycles. The molecule has 1 aliphatic heterocycles. The Bertz CT molecular complexity index is 282. The lowest BCUT2D eigenvalue weighted by atomic mass is 10.2. The van der Waals surface area contributed by atoms with Crippen LogP contribution in [-0.4, -0.2) is 53.0 Å². The third-order valence-electron chi connectivity index (χ3n) is 3.05. The predicted octanol–water partition coefficient (Wildman–Crippen LogP) is 1.17. The van der Waals surface area contributed by atoms with E-state index in [-0.39, 0.29) is 17.9 Å². The molecular weight excluding hydrogens is 236 g/mol. The minimum absolute atomic E-state index is 0.109. The number of piperazine rings is 1. The van der Waals surface area contributed by atoms with Gasteiger partial charge in [-0.25, -0.2) is 0 Å². The van der Waals surface area contributed by atoms with Crippen molar-refractivity contribution in [2.45, 2.75) is 39.2 Å². The lowest BCUT2D eigenvalue weighted by Crippen LogP contribution is -2.56. The van der Waals surface area contributed by atoms with Gasteiger partial charge in [-0.2, -0.15) is 12.6 Å². The van der Waals surface area contributed by atoms with Crippen LogP contribution in [0.5, 0.6) is 0 Å². The van der Waals surface area contributed by atoms with Crippen molar-refractivity contribution in [3.63, 3.8) is 0 Å². The van der Waals surface area contributed by atoms with E-state index in [1.165, 1.54) is 0 Å². The van der Waals surface area contributed by atoms with E-state index >= 15 is 0 Å². The molecule has 1 fully saturated rings. The fourth-order valence-corrected chi connectivity index (χ4v) is 2.21. The highest BCUT2D eigenvalue weighted by Gasteiger charge is 2.33. The van der Waals surface area contributed by atoms with Crippen LogP contribution >= 0.6 is 12.6 Å². The van der Waals surface area contributed by atoms with E-state index in [4.69, 9.17) is 0 Å². The van der Waals surface area contributed by atoms with Crippen LogP contribution in [0.1, 0.15) is 33.1 Å². The van der Waals surface area contributed by atoms with Crippen molar-refractivity contribution in [1.82, 2.24) is 9.80 Å². The van der Waals surface area contributed by atoms with Gasteiger partial charge in [-0.05, 0) is 32.4 Å². The monoisotopic (exact) mass is 258 g/mol. The van der Waals surface area contributed by atoms with Gasteiger partial charge < -0.3 is 9.80 Å². The minimum atomic E-state index is -0.347. The van der Waals surface area contributed by atoms with E-state index in [1.54, 1.807) is 9.80 Å². The first kappa shape index (κ1) is 14.4. The van der Waals surface area contributed by atoms with Crippen LogP contribution in [-0.2, 0) is 9.59 Å². The van der Waals surface area contributed by atoms with Gasteiger partial charge in [0.05, 0.1) is 0 Å². The molecule has 0 aromatic carbocycles. The highest BCUT2D eigenvalue weighted by atomic mass is 32.1. The summed E-state index contributed by atoms with van der Waals surface area (Å²) in [6, 6.07) is 0.109. The van der Waals surface area contributed by atoms with E-state index in [0.717, 1.165) is 25.0 Å². The number of carbonyl (C=O) groups is 2. The van der Waals surface area contributed by atoms with Gasteiger partial charge in [0.15, 0.2) is 0 Å². The number of rotatable bonds is 6. The molecular formula is C12H22N2O2S. The Labute approximate surface area is 109 Å². The third kappa shape index (κ3) is 3.91. The Kier molecular flexibility index (Phi) is 5.82. The molecule has 98 valence electrons. The molecule has 1 heterocycles. The average molecular weight is 258 g/mol. The van der Waals surface area contributed by atoms with E-state index in [1.807, 2.05) is 13.8 Å². The molecule has 4 nitrogen and oxygen atoms in total. The standard InChI is InChI=1S/C12H22N2O2S/c1-10(2)14-8-7-13(11(15)12(14)16)6-4-3-5-9-17/h10,17H,3-9H2,1-2H3. The molecule has 1 rings (SSSR count). The zero-order valence-corrected chi connectivity index (χ0v) is 11.6. The van der Waals surface area contributed by atoms with Gasteiger partial charge in [0, 0.05) is 25.7 Å². The minimum Gasteiger partial charge on any atom is -0.333 e.